The van der Waals surface area contributed by atoms with Gasteiger partial charge in [0.05, 0.1) is 19.8 Å². The average molecular weight is 279 g/mol. The number of ether oxygens (including phenoxy) is 3. The summed E-state index contributed by atoms with van der Waals surface area (Å²) in [7, 11) is 1.74. The molecule has 1 heterocycles. The second kappa shape index (κ2) is 7.50. The lowest BCUT2D eigenvalue weighted by Crippen LogP contribution is -2.34. The van der Waals surface area contributed by atoms with Crippen LogP contribution in [0.5, 0.6) is 11.5 Å². The molecule has 0 spiro atoms. The molecule has 2 unspecified atom stereocenters. The smallest absolute Gasteiger partial charge is 0.161 e. The maximum Gasteiger partial charge on any atom is 0.161 e. The van der Waals surface area contributed by atoms with E-state index >= 15 is 0 Å². The van der Waals surface area contributed by atoms with Gasteiger partial charge in [0.15, 0.2) is 11.5 Å². The molecule has 0 saturated carbocycles. The van der Waals surface area contributed by atoms with Crippen LogP contribution in [-0.2, 0) is 4.74 Å². The SMILES string of the molecule is CCC(COC)NC(C)c1ccc2c(c1)OCCCO2. The van der Waals surface area contributed by atoms with Crippen LogP contribution in [0.4, 0.5) is 0 Å². The molecule has 1 aliphatic rings. The van der Waals surface area contributed by atoms with Gasteiger partial charge in [-0.15, -0.1) is 0 Å². The molecule has 112 valence electrons. The molecule has 0 radical (unpaired) electrons. The standard InChI is InChI=1S/C16H25NO3/c1-4-14(11-18-3)17-12(2)13-6-7-15-16(10-13)20-9-5-8-19-15/h6-7,10,12,14,17H,4-5,8-9,11H2,1-3H3. The van der Waals surface area contributed by atoms with Gasteiger partial charge in [0, 0.05) is 25.6 Å². The molecule has 2 atom stereocenters. The summed E-state index contributed by atoms with van der Waals surface area (Å²) in [4.78, 5) is 0. The van der Waals surface area contributed by atoms with Crippen LogP contribution < -0.4 is 14.8 Å². The molecule has 0 saturated heterocycles. The molecule has 4 nitrogen and oxygen atoms in total. The third-order valence-corrected chi connectivity index (χ3v) is 3.62. The zero-order valence-corrected chi connectivity index (χ0v) is 12.6. The minimum absolute atomic E-state index is 0.257. The number of hydrogen-bond donors (Lipinski definition) is 1. The van der Waals surface area contributed by atoms with E-state index in [0.29, 0.717) is 6.04 Å². The van der Waals surface area contributed by atoms with E-state index in [1.807, 2.05) is 6.07 Å². The van der Waals surface area contributed by atoms with Crippen LogP contribution in [-0.4, -0.2) is 33.0 Å². The largest absolute Gasteiger partial charge is 0.490 e. The summed E-state index contributed by atoms with van der Waals surface area (Å²) in [5, 5.41) is 3.58. The third-order valence-electron chi connectivity index (χ3n) is 3.62. The van der Waals surface area contributed by atoms with Gasteiger partial charge in [0.2, 0.25) is 0 Å². The Kier molecular flexibility index (Phi) is 5.68. The van der Waals surface area contributed by atoms with Crippen molar-refractivity contribution in [2.75, 3.05) is 26.9 Å². The summed E-state index contributed by atoms with van der Waals surface area (Å²) in [6.07, 6.45) is 1.98. The molecule has 1 aromatic rings. The van der Waals surface area contributed by atoms with Crippen molar-refractivity contribution >= 4 is 0 Å². The molecule has 0 bridgehead atoms. The second-order valence-corrected chi connectivity index (χ2v) is 5.21. The lowest BCUT2D eigenvalue weighted by atomic mass is 10.1. The molecule has 2 rings (SSSR count). The Morgan fingerprint density at radius 2 is 2.00 bits per heavy atom. The quantitative estimate of drug-likeness (QED) is 0.869. The van der Waals surface area contributed by atoms with Gasteiger partial charge in [-0.1, -0.05) is 13.0 Å². The number of methoxy groups -OCH3 is 1. The molecular formula is C16H25NO3. The monoisotopic (exact) mass is 279 g/mol. The van der Waals surface area contributed by atoms with Gasteiger partial charge < -0.3 is 19.5 Å². The third kappa shape index (κ3) is 3.87. The lowest BCUT2D eigenvalue weighted by molar-refractivity contribution is 0.159. The number of rotatable bonds is 6. The van der Waals surface area contributed by atoms with Gasteiger partial charge in [-0.25, -0.2) is 0 Å². The zero-order chi connectivity index (χ0) is 14.4. The fraction of sp³-hybridized carbons (Fsp3) is 0.625. The molecule has 1 N–H and O–H groups in total. The van der Waals surface area contributed by atoms with Crippen LogP contribution in [0.1, 0.15) is 38.3 Å². The van der Waals surface area contributed by atoms with Crippen LogP contribution in [0.2, 0.25) is 0 Å². The van der Waals surface area contributed by atoms with E-state index in [1.54, 1.807) is 7.11 Å². The maximum absolute atomic E-state index is 5.74. The topological polar surface area (TPSA) is 39.7 Å². The van der Waals surface area contributed by atoms with Gasteiger partial charge in [-0.05, 0) is 31.0 Å². The molecule has 1 aromatic carbocycles. The summed E-state index contributed by atoms with van der Waals surface area (Å²) in [6.45, 7) is 6.51. The predicted molar refractivity (Wildman–Crippen MR) is 79.6 cm³/mol. The zero-order valence-electron chi connectivity index (χ0n) is 12.6. The van der Waals surface area contributed by atoms with Crippen LogP contribution in [0.25, 0.3) is 0 Å². The first-order valence-corrected chi connectivity index (χ1v) is 7.39. The molecule has 1 aliphatic heterocycles. The predicted octanol–water partition coefficient (Wildman–Crippen LogP) is 2.92. The van der Waals surface area contributed by atoms with Crippen molar-refractivity contribution in [1.29, 1.82) is 0 Å². The summed E-state index contributed by atoms with van der Waals surface area (Å²) in [6, 6.07) is 6.81. The van der Waals surface area contributed by atoms with Gasteiger partial charge in [-0.2, -0.15) is 0 Å². The van der Waals surface area contributed by atoms with Crippen LogP contribution >= 0.6 is 0 Å². The summed E-state index contributed by atoms with van der Waals surface area (Å²) in [5.74, 6) is 1.70. The first kappa shape index (κ1) is 15.1. The van der Waals surface area contributed by atoms with Crippen LogP contribution in [0.3, 0.4) is 0 Å². The highest BCUT2D eigenvalue weighted by Gasteiger charge is 2.15. The number of nitrogens with one attached hydrogen (secondary N) is 1. The number of fused-ring (bicyclic) bond motifs is 1. The summed E-state index contributed by atoms with van der Waals surface area (Å²) in [5.41, 5.74) is 1.21. The molecule has 4 heteroatoms. The Morgan fingerprint density at radius 3 is 2.70 bits per heavy atom. The maximum atomic E-state index is 5.74. The van der Waals surface area contributed by atoms with E-state index in [2.05, 4.69) is 31.3 Å². The van der Waals surface area contributed by atoms with Crippen molar-refractivity contribution in [3.8, 4) is 11.5 Å². The fourth-order valence-electron chi connectivity index (χ4n) is 2.38. The fourth-order valence-corrected chi connectivity index (χ4v) is 2.38. The van der Waals surface area contributed by atoms with Crippen molar-refractivity contribution in [1.82, 2.24) is 5.32 Å². The van der Waals surface area contributed by atoms with Crippen molar-refractivity contribution in [3.63, 3.8) is 0 Å². The highest BCUT2D eigenvalue weighted by molar-refractivity contribution is 5.44. The number of hydrogen-bond acceptors (Lipinski definition) is 4. The Hall–Kier alpha value is -1.26. The first-order valence-electron chi connectivity index (χ1n) is 7.39. The van der Waals surface area contributed by atoms with Gasteiger partial charge in [0.1, 0.15) is 0 Å². The van der Waals surface area contributed by atoms with E-state index in [-0.39, 0.29) is 6.04 Å². The normalized spacial score (nSPS) is 17.4. The van der Waals surface area contributed by atoms with Crippen molar-refractivity contribution in [3.05, 3.63) is 23.8 Å². The molecule has 0 aromatic heterocycles. The Morgan fingerprint density at radius 1 is 1.25 bits per heavy atom. The van der Waals surface area contributed by atoms with Gasteiger partial charge >= 0.3 is 0 Å². The Bertz CT molecular complexity index is 422. The van der Waals surface area contributed by atoms with Crippen molar-refractivity contribution in [2.24, 2.45) is 0 Å². The minimum atomic E-state index is 0.257. The van der Waals surface area contributed by atoms with Crippen LogP contribution in [0, 0.1) is 0 Å². The first-order chi connectivity index (χ1) is 9.74. The van der Waals surface area contributed by atoms with E-state index in [9.17, 15) is 0 Å². The lowest BCUT2D eigenvalue weighted by Gasteiger charge is -2.22. The van der Waals surface area contributed by atoms with Gasteiger partial charge in [0.25, 0.3) is 0 Å². The highest BCUT2D eigenvalue weighted by Crippen LogP contribution is 2.32. The molecule has 0 aliphatic carbocycles. The van der Waals surface area contributed by atoms with Crippen molar-refractivity contribution in [2.45, 2.75) is 38.8 Å². The second-order valence-electron chi connectivity index (χ2n) is 5.21. The van der Waals surface area contributed by atoms with Crippen LogP contribution in [0.15, 0.2) is 18.2 Å². The van der Waals surface area contributed by atoms with E-state index in [0.717, 1.165) is 44.2 Å². The van der Waals surface area contributed by atoms with Gasteiger partial charge in [-0.3, -0.25) is 0 Å². The average Bonchev–Trinajstić information content (AvgIpc) is 2.71. The van der Waals surface area contributed by atoms with E-state index < -0.39 is 0 Å². The molecule has 0 amide bonds. The summed E-state index contributed by atoms with van der Waals surface area (Å²) >= 11 is 0. The Balaban J connectivity index is 2.06. The van der Waals surface area contributed by atoms with Crippen molar-refractivity contribution < 1.29 is 14.2 Å². The minimum Gasteiger partial charge on any atom is -0.490 e. The molecular weight excluding hydrogens is 254 g/mol. The van der Waals surface area contributed by atoms with E-state index in [1.165, 1.54) is 5.56 Å². The van der Waals surface area contributed by atoms with E-state index in [4.69, 9.17) is 14.2 Å². The highest BCUT2D eigenvalue weighted by atomic mass is 16.5. The number of benzene rings is 1. The summed E-state index contributed by atoms with van der Waals surface area (Å²) < 4.78 is 16.6. The molecule has 0 fully saturated rings. The Labute approximate surface area is 121 Å². The molecule has 20 heavy (non-hydrogen) atoms.